The van der Waals surface area contributed by atoms with Crippen LogP contribution in [-0.2, 0) is 9.53 Å². The number of amides is 2. The molecule has 0 aromatic carbocycles. The Kier molecular flexibility index (Phi) is 3.87. The van der Waals surface area contributed by atoms with Crippen LogP contribution in [0.25, 0.3) is 0 Å². The lowest BCUT2D eigenvalue weighted by Crippen LogP contribution is -2.48. The summed E-state index contributed by atoms with van der Waals surface area (Å²) in [5.74, 6) is -0.507. The molecule has 6 heteroatoms. The molecule has 1 heterocycles. The first-order chi connectivity index (χ1) is 7.15. The van der Waals surface area contributed by atoms with E-state index in [1.54, 1.807) is 13.0 Å². The van der Waals surface area contributed by atoms with E-state index in [2.05, 4.69) is 10.1 Å². The quantitative estimate of drug-likeness (QED) is 0.503. The summed E-state index contributed by atoms with van der Waals surface area (Å²) in [5.41, 5.74) is 5.60. The zero-order chi connectivity index (χ0) is 11.3. The number of carbonyl (C=O) groups excluding carboxylic acids is 2. The molecular weight excluding hydrogens is 198 g/mol. The second kappa shape index (κ2) is 5.16. The minimum atomic E-state index is -0.565. The van der Waals surface area contributed by atoms with Gasteiger partial charge in [-0.1, -0.05) is 0 Å². The second-order valence-electron chi connectivity index (χ2n) is 2.77. The van der Waals surface area contributed by atoms with Crippen LogP contribution in [0, 0.1) is 0 Å². The minimum absolute atomic E-state index is 0.293. The van der Waals surface area contributed by atoms with Crippen LogP contribution in [0.1, 0.15) is 6.92 Å². The van der Waals surface area contributed by atoms with E-state index in [9.17, 15) is 9.59 Å². The zero-order valence-electron chi connectivity index (χ0n) is 8.34. The number of hydrogen-bond donors (Lipinski definition) is 2. The number of carbonyl (C=O) groups is 2. The van der Waals surface area contributed by atoms with Crippen molar-refractivity contribution in [3.63, 3.8) is 0 Å². The molecule has 15 heavy (non-hydrogen) atoms. The van der Waals surface area contributed by atoms with Crippen molar-refractivity contribution in [2.24, 2.45) is 5.73 Å². The van der Waals surface area contributed by atoms with Crippen molar-refractivity contribution in [1.29, 1.82) is 0 Å². The maximum atomic E-state index is 11.3. The number of ether oxygens (including phenoxy) is 1. The van der Waals surface area contributed by atoms with Gasteiger partial charge in [-0.3, -0.25) is 4.90 Å². The molecule has 0 fully saturated rings. The smallest absolute Gasteiger partial charge is 0.332 e. The number of nitrogens with zero attached hydrogens (tertiary/aromatic N) is 1. The van der Waals surface area contributed by atoms with E-state index in [-0.39, 0.29) is 6.03 Å². The van der Waals surface area contributed by atoms with Gasteiger partial charge in [0.1, 0.15) is 6.17 Å². The SMILES string of the molecule is CCOC(=O)C=CN1C(=O)NC=CC1N. The van der Waals surface area contributed by atoms with E-state index in [4.69, 9.17) is 5.73 Å². The van der Waals surface area contributed by atoms with Crippen LogP contribution < -0.4 is 11.1 Å². The summed E-state index contributed by atoms with van der Waals surface area (Å²) in [5, 5.41) is 2.44. The normalized spacial score (nSPS) is 20.5. The molecule has 0 radical (unpaired) electrons. The van der Waals surface area contributed by atoms with Crippen molar-refractivity contribution in [3.05, 3.63) is 24.6 Å². The summed E-state index contributed by atoms with van der Waals surface area (Å²) in [6.45, 7) is 2.00. The molecule has 6 nitrogen and oxygen atoms in total. The van der Waals surface area contributed by atoms with Gasteiger partial charge in [0.05, 0.1) is 6.61 Å². The Labute approximate surface area is 87.4 Å². The third-order valence-corrected chi connectivity index (χ3v) is 1.71. The highest BCUT2D eigenvalue weighted by molar-refractivity contribution is 5.84. The number of nitrogens with one attached hydrogen (secondary N) is 1. The largest absolute Gasteiger partial charge is 0.463 e. The Morgan fingerprint density at radius 3 is 3.13 bits per heavy atom. The fraction of sp³-hybridized carbons (Fsp3) is 0.333. The van der Waals surface area contributed by atoms with Gasteiger partial charge in [0.15, 0.2) is 0 Å². The highest BCUT2D eigenvalue weighted by atomic mass is 16.5. The molecular formula is C9H13N3O3. The van der Waals surface area contributed by atoms with E-state index in [1.807, 2.05) is 0 Å². The highest BCUT2D eigenvalue weighted by Crippen LogP contribution is 2.02. The summed E-state index contributed by atoms with van der Waals surface area (Å²) in [4.78, 5) is 23.4. The molecule has 1 rings (SSSR count). The van der Waals surface area contributed by atoms with Crippen LogP contribution >= 0.6 is 0 Å². The molecule has 1 unspecified atom stereocenters. The summed E-state index contributed by atoms with van der Waals surface area (Å²) in [6, 6.07) is -0.384. The fourth-order valence-electron chi connectivity index (χ4n) is 1.02. The van der Waals surface area contributed by atoms with Gasteiger partial charge in [-0.2, -0.15) is 0 Å². The zero-order valence-corrected chi connectivity index (χ0v) is 8.34. The maximum Gasteiger partial charge on any atom is 0.332 e. The lowest BCUT2D eigenvalue weighted by Gasteiger charge is -2.25. The van der Waals surface area contributed by atoms with Crippen LogP contribution in [0.5, 0.6) is 0 Å². The van der Waals surface area contributed by atoms with Gasteiger partial charge >= 0.3 is 12.0 Å². The van der Waals surface area contributed by atoms with Crippen molar-refractivity contribution >= 4 is 12.0 Å². The van der Waals surface area contributed by atoms with Gasteiger partial charge in [-0.05, 0) is 13.0 Å². The predicted molar refractivity (Wildman–Crippen MR) is 53.3 cm³/mol. The first-order valence-corrected chi connectivity index (χ1v) is 4.51. The molecule has 0 aromatic rings. The first kappa shape index (κ1) is 11.3. The minimum Gasteiger partial charge on any atom is -0.463 e. The third-order valence-electron chi connectivity index (χ3n) is 1.71. The number of nitrogens with two attached hydrogens (primary N) is 1. The molecule has 0 bridgehead atoms. The average molecular weight is 211 g/mol. The molecule has 0 saturated heterocycles. The molecule has 1 aliphatic rings. The van der Waals surface area contributed by atoms with Gasteiger partial charge in [0.2, 0.25) is 0 Å². The Balaban J connectivity index is 2.60. The van der Waals surface area contributed by atoms with Crippen LogP contribution in [0.2, 0.25) is 0 Å². The molecule has 0 spiro atoms. The Morgan fingerprint density at radius 2 is 2.53 bits per heavy atom. The highest BCUT2D eigenvalue weighted by Gasteiger charge is 2.18. The predicted octanol–water partition coefficient (Wildman–Crippen LogP) is -0.113. The van der Waals surface area contributed by atoms with E-state index in [1.165, 1.54) is 17.3 Å². The third kappa shape index (κ3) is 3.10. The fourth-order valence-corrected chi connectivity index (χ4v) is 1.02. The Morgan fingerprint density at radius 1 is 1.80 bits per heavy atom. The van der Waals surface area contributed by atoms with Gasteiger partial charge in [-0.25, -0.2) is 9.59 Å². The molecule has 0 aliphatic carbocycles. The van der Waals surface area contributed by atoms with Gasteiger partial charge < -0.3 is 15.8 Å². The summed E-state index contributed by atoms with van der Waals surface area (Å²) < 4.78 is 4.66. The lowest BCUT2D eigenvalue weighted by molar-refractivity contribution is -0.137. The van der Waals surface area contributed by atoms with Crippen molar-refractivity contribution in [2.45, 2.75) is 13.1 Å². The molecule has 1 aliphatic heterocycles. The number of esters is 1. The van der Waals surface area contributed by atoms with E-state index >= 15 is 0 Å². The Hall–Kier alpha value is -1.82. The molecule has 3 N–H and O–H groups in total. The van der Waals surface area contributed by atoms with Gasteiger partial charge in [-0.15, -0.1) is 0 Å². The van der Waals surface area contributed by atoms with Crippen molar-refractivity contribution in [1.82, 2.24) is 10.2 Å². The average Bonchev–Trinajstić information content (AvgIpc) is 2.17. The Bertz CT molecular complexity index is 312. The number of urea groups is 1. The standard InChI is InChI=1S/C9H13N3O3/c1-2-15-8(13)4-6-12-7(10)3-5-11-9(12)14/h3-7H,2,10H2,1H3,(H,11,14). The summed E-state index contributed by atoms with van der Waals surface area (Å²) >= 11 is 0. The maximum absolute atomic E-state index is 11.3. The summed E-state index contributed by atoms with van der Waals surface area (Å²) in [7, 11) is 0. The van der Waals surface area contributed by atoms with Crippen LogP contribution in [-0.4, -0.2) is 29.7 Å². The molecule has 82 valence electrons. The first-order valence-electron chi connectivity index (χ1n) is 4.51. The molecule has 2 amide bonds. The van der Waals surface area contributed by atoms with Gasteiger partial charge in [0, 0.05) is 18.5 Å². The van der Waals surface area contributed by atoms with Crippen LogP contribution in [0.4, 0.5) is 4.79 Å². The molecule has 0 saturated carbocycles. The van der Waals surface area contributed by atoms with Crippen LogP contribution in [0.3, 0.4) is 0 Å². The summed E-state index contributed by atoms with van der Waals surface area (Å²) in [6.07, 6.45) is 4.94. The van der Waals surface area contributed by atoms with Gasteiger partial charge in [0.25, 0.3) is 0 Å². The molecule has 1 atom stereocenters. The van der Waals surface area contributed by atoms with Crippen molar-refractivity contribution in [2.75, 3.05) is 6.61 Å². The lowest BCUT2D eigenvalue weighted by atomic mass is 10.4. The van der Waals surface area contributed by atoms with Crippen LogP contribution in [0.15, 0.2) is 24.6 Å². The van der Waals surface area contributed by atoms with E-state index in [0.717, 1.165) is 6.08 Å². The van der Waals surface area contributed by atoms with E-state index in [0.29, 0.717) is 6.61 Å². The molecule has 0 aromatic heterocycles. The van der Waals surface area contributed by atoms with E-state index < -0.39 is 12.1 Å². The van der Waals surface area contributed by atoms with Crippen molar-refractivity contribution < 1.29 is 14.3 Å². The second-order valence-corrected chi connectivity index (χ2v) is 2.77. The number of hydrogen-bond acceptors (Lipinski definition) is 4. The van der Waals surface area contributed by atoms with Crippen molar-refractivity contribution in [3.8, 4) is 0 Å². The number of rotatable bonds is 3. The topological polar surface area (TPSA) is 84.7 Å². The monoisotopic (exact) mass is 211 g/mol.